The minimum absolute atomic E-state index is 0.211. The maximum absolute atomic E-state index is 14.2. The van der Waals surface area contributed by atoms with Crippen LogP contribution < -0.4 is 15.7 Å². The molecule has 0 aliphatic rings. The molecule has 27 heavy (non-hydrogen) atoms. The zero-order chi connectivity index (χ0) is 19.3. The molecule has 3 rings (SSSR count). The molecule has 2 aromatic carbocycles. The summed E-state index contributed by atoms with van der Waals surface area (Å²) in [5.41, 5.74) is 1.03. The van der Waals surface area contributed by atoms with Crippen LogP contribution in [0.25, 0.3) is 0 Å². The van der Waals surface area contributed by atoms with Gasteiger partial charge in [-0.2, -0.15) is 11.3 Å². The number of benzene rings is 2. The molecule has 0 aliphatic carbocycles. The molecule has 0 bridgehead atoms. The summed E-state index contributed by atoms with van der Waals surface area (Å²) in [5, 5.41) is 8.38. The SMILES string of the molecule is C=C(C(=O)OC)[C@H](NP(=O)(c1ccccc1)c1ccccc1)c1ccsc1. The topological polar surface area (TPSA) is 55.4 Å². The summed E-state index contributed by atoms with van der Waals surface area (Å²) in [5.74, 6) is -0.536. The van der Waals surface area contributed by atoms with Crippen LogP contribution in [-0.4, -0.2) is 13.1 Å². The Morgan fingerprint density at radius 3 is 2.04 bits per heavy atom. The second kappa shape index (κ2) is 8.49. The Bertz CT molecular complexity index is 912. The van der Waals surface area contributed by atoms with Gasteiger partial charge >= 0.3 is 5.97 Å². The molecule has 0 spiro atoms. The first kappa shape index (κ1) is 19.3. The fraction of sp³-hybridized carbons (Fsp3) is 0.0952. The third-order valence-corrected chi connectivity index (χ3v) is 7.60. The van der Waals surface area contributed by atoms with E-state index in [0.717, 1.165) is 5.56 Å². The molecule has 4 nitrogen and oxygen atoms in total. The third-order valence-electron chi connectivity index (χ3n) is 4.22. The normalized spacial score (nSPS) is 12.3. The number of carbonyl (C=O) groups excluding carboxylic acids is 1. The quantitative estimate of drug-likeness (QED) is 0.371. The summed E-state index contributed by atoms with van der Waals surface area (Å²) in [4.78, 5) is 12.2. The Balaban J connectivity index is 2.10. The molecule has 6 heteroatoms. The van der Waals surface area contributed by atoms with Crippen LogP contribution in [0.3, 0.4) is 0 Å². The van der Waals surface area contributed by atoms with E-state index in [2.05, 4.69) is 11.7 Å². The molecule has 1 atom stereocenters. The average molecular weight is 397 g/mol. The number of hydrogen-bond acceptors (Lipinski definition) is 4. The summed E-state index contributed by atoms with van der Waals surface area (Å²) in [6.07, 6.45) is 0. The van der Waals surface area contributed by atoms with E-state index in [0.29, 0.717) is 10.6 Å². The Kier molecular flexibility index (Phi) is 6.07. The zero-order valence-corrected chi connectivity index (χ0v) is 16.6. The highest BCUT2D eigenvalue weighted by Gasteiger charge is 2.33. The average Bonchev–Trinajstić information content (AvgIpc) is 3.26. The van der Waals surface area contributed by atoms with Crippen molar-refractivity contribution in [3.63, 3.8) is 0 Å². The van der Waals surface area contributed by atoms with Gasteiger partial charge in [0.25, 0.3) is 0 Å². The molecule has 0 radical (unpaired) electrons. The molecule has 0 fully saturated rings. The van der Waals surface area contributed by atoms with Crippen LogP contribution in [0.15, 0.2) is 89.6 Å². The largest absolute Gasteiger partial charge is 0.466 e. The van der Waals surface area contributed by atoms with Crippen molar-refractivity contribution in [3.8, 4) is 0 Å². The summed E-state index contributed by atoms with van der Waals surface area (Å²) >= 11 is 1.50. The minimum Gasteiger partial charge on any atom is -0.466 e. The van der Waals surface area contributed by atoms with Gasteiger partial charge in [0.05, 0.1) is 18.7 Å². The van der Waals surface area contributed by atoms with E-state index in [1.807, 2.05) is 77.5 Å². The molecule has 1 heterocycles. The van der Waals surface area contributed by atoms with Crippen LogP contribution in [-0.2, 0) is 14.1 Å². The van der Waals surface area contributed by atoms with Gasteiger partial charge in [-0.05, 0) is 46.7 Å². The van der Waals surface area contributed by atoms with Gasteiger partial charge in [0.2, 0.25) is 7.29 Å². The van der Waals surface area contributed by atoms with E-state index in [9.17, 15) is 9.36 Å². The number of esters is 1. The number of rotatable bonds is 7. The Hall–Kier alpha value is -2.46. The number of nitrogens with one attached hydrogen (secondary N) is 1. The molecule has 0 saturated carbocycles. The van der Waals surface area contributed by atoms with Crippen LogP contribution in [0.2, 0.25) is 0 Å². The lowest BCUT2D eigenvalue weighted by Gasteiger charge is -2.27. The van der Waals surface area contributed by atoms with E-state index in [-0.39, 0.29) is 5.57 Å². The summed E-state index contributed by atoms with van der Waals surface area (Å²) < 4.78 is 19.1. The number of carbonyl (C=O) groups is 1. The standard InChI is InChI=1S/C21H20NO3PS/c1-16(21(23)25-2)20(17-13-14-27-15-17)22-26(24,18-9-5-3-6-10-18)19-11-7-4-8-12-19/h3-15,20H,1H2,2H3,(H,22,24)/t20-/m0/s1. The van der Waals surface area contributed by atoms with E-state index in [1.54, 1.807) is 0 Å². The van der Waals surface area contributed by atoms with Gasteiger partial charge in [0.1, 0.15) is 0 Å². The number of methoxy groups -OCH3 is 1. The molecule has 3 aromatic rings. The highest BCUT2D eigenvalue weighted by Crippen LogP contribution is 2.43. The van der Waals surface area contributed by atoms with E-state index in [4.69, 9.17) is 4.74 Å². The highest BCUT2D eigenvalue weighted by atomic mass is 32.1. The van der Waals surface area contributed by atoms with Crippen LogP contribution in [0.5, 0.6) is 0 Å². The molecule has 1 aromatic heterocycles. The van der Waals surface area contributed by atoms with E-state index in [1.165, 1.54) is 18.4 Å². The van der Waals surface area contributed by atoms with E-state index >= 15 is 0 Å². The number of thiophene rings is 1. The molecule has 1 N–H and O–H groups in total. The molecule has 0 saturated heterocycles. The summed E-state index contributed by atoms with van der Waals surface area (Å²) in [6, 6.07) is 19.7. The van der Waals surface area contributed by atoms with Crippen molar-refractivity contribution in [1.29, 1.82) is 0 Å². The first-order valence-electron chi connectivity index (χ1n) is 8.34. The lowest BCUT2D eigenvalue weighted by Crippen LogP contribution is -2.32. The smallest absolute Gasteiger partial charge is 0.335 e. The van der Waals surface area contributed by atoms with Crippen LogP contribution in [0, 0.1) is 0 Å². The first-order valence-corrected chi connectivity index (χ1v) is 11.0. The number of ether oxygens (including phenoxy) is 1. The molecular weight excluding hydrogens is 377 g/mol. The summed E-state index contributed by atoms with van der Waals surface area (Å²) in [6.45, 7) is 3.90. The molecule has 0 amide bonds. The van der Waals surface area contributed by atoms with Crippen molar-refractivity contribution >= 4 is 35.2 Å². The maximum atomic E-state index is 14.2. The predicted molar refractivity (Wildman–Crippen MR) is 111 cm³/mol. The lowest BCUT2D eigenvalue weighted by atomic mass is 10.0. The zero-order valence-electron chi connectivity index (χ0n) is 14.9. The molecular formula is C21H20NO3PS. The van der Waals surface area contributed by atoms with Crippen molar-refractivity contribution in [3.05, 3.63) is 95.2 Å². The molecule has 138 valence electrons. The Morgan fingerprint density at radius 1 is 1.04 bits per heavy atom. The molecule has 0 unspecified atom stereocenters. The summed E-state index contributed by atoms with van der Waals surface area (Å²) in [7, 11) is -1.93. The predicted octanol–water partition coefficient (Wildman–Crippen LogP) is 4.04. The van der Waals surface area contributed by atoms with Crippen molar-refractivity contribution in [2.75, 3.05) is 7.11 Å². The van der Waals surface area contributed by atoms with Crippen molar-refractivity contribution in [1.82, 2.24) is 5.09 Å². The Morgan fingerprint density at radius 2 is 1.59 bits per heavy atom. The van der Waals surface area contributed by atoms with Gasteiger partial charge in [-0.15, -0.1) is 0 Å². The van der Waals surface area contributed by atoms with Crippen LogP contribution in [0.1, 0.15) is 11.6 Å². The second-order valence-corrected chi connectivity index (χ2v) is 9.21. The fourth-order valence-electron chi connectivity index (χ4n) is 2.80. The fourth-order valence-corrected chi connectivity index (χ4v) is 5.93. The van der Waals surface area contributed by atoms with Crippen molar-refractivity contribution in [2.24, 2.45) is 0 Å². The maximum Gasteiger partial charge on any atom is 0.335 e. The van der Waals surface area contributed by atoms with Gasteiger partial charge in [-0.1, -0.05) is 43.0 Å². The lowest BCUT2D eigenvalue weighted by molar-refractivity contribution is -0.136. The van der Waals surface area contributed by atoms with E-state index < -0.39 is 19.3 Å². The monoisotopic (exact) mass is 397 g/mol. The molecule has 0 aliphatic heterocycles. The van der Waals surface area contributed by atoms with Gasteiger partial charge in [-0.3, -0.25) is 4.57 Å². The minimum atomic E-state index is -3.24. The number of hydrogen-bond donors (Lipinski definition) is 1. The second-order valence-electron chi connectivity index (χ2n) is 5.92. The third kappa shape index (κ3) is 4.11. The van der Waals surface area contributed by atoms with Crippen molar-refractivity contribution in [2.45, 2.75) is 6.04 Å². The Labute approximate surface area is 162 Å². The van der Waals surface area contributed by atoms with Gasteiger partial charge in [0, 0.05) is 10.6 Å². The van der Waals surface area contributed by atoms with Crippen LogP contribution >= 0.6 is 18.6 Å². The van der Waals surface area contributed by atoms with Gasteiger partial charge < -0.3 is 4.74 Å². The first-order chi connectivity index (χ1) is 13.1. The van der Waals surface area contributed by atoms with Crippen LogP contribution in [0.4, 0.5) is 0 Å². The van der Waals surface area contributed by atoms with Crippen molar-refractivity contribution < 1.29 is 14.1 Å². The highest BCUT2D eigenvalue weighted by molar-refractivity contribution is 7.76. The van der Waals surface area contributed by atoms with Gasteiger partial charge in [-0.25, -0.2) is 9.88 Å². The van der Waals surface area contributed by atoms with Gasteiger partial charge in [0.15, 0.2) is 0 Å².